The Bertz CT molecular complexity index is 816. The average Bonchev–Trinajstić information content (AvgIpc) is 2.66. The van der Waals surface area contributed by atoms with Gasteiger partial charge in [0.1, 0.15) is 18.5 Å². The lowest BCUT2D eigenvalue weighted by Crippen LogP contribution is -2.28. The third-order valence-corrected chi connectivity index (χ3v) is 4.33. The van der Waals surface area contributed by atoms with E-state index in [1.165, 1.54) is 0 Å². The predicted octanol–water partition coefficient (Wildman–Crippen LogP) is 4.74. The van der Waals surface area contributed by atoms with Crippen LogP contribution in [0.3, 0.4) is 0 Å². The lowest BCUT2D eigenvalue weighted by Gasteiger charge is -2.24. The molecule has 3 aromatic carbocycles. The SMILES string of the molecule is CC(C)(O)C(O)c1ccc(-c2ccc(OCc3ccccc3)cc2)cc1. The molecule has 3 nitrogen and oxygen atoms in total. The summed E-state index contributed by atoms with van der Waals surface area (Å²) in [5.74, 6) is 0.826. The molecule has 0 bridgehead atoms. The highest BCUT2D eigenvalue weighted by molar-refractivity contribution is 5.64. The Morgan fingerprint density at radius 2 is 1.35 bits per heavy atom. The molecule has 0 heterocycles. The molecule has 0 aliphatic rings. The molecule has 3 rings (SSSR count). The highest BCUT2D eigenvalue weighted by Crippen LogP contribution is 2.28. The maximum atomic E-state index is 10.1. The van der Waals surface area contributed by atoms with E-state index in [1.807, 2.05) is 78.9 Å². The first-order valence-electron chi connectivity index (χ1n) is 8.71. The van der Waals surface area contributed by atoms with Crippen molar-refractivity contribution in [3.05, 3.63) is 90.0 Å². The van der Waals surface area contributed by atoms with Crippen molar-refractivity contribution in [1.29, 1.82) is 0 Å². The molecule has 1 unspecified atom stereocenters. The van der Waals surface area contributed by atoms with Crippen LogP contribution in [0, 0.1) is 0 Å². The number of aliphatic hydroxyl groups is 2. The lowest BCUT2D eigenvalue weighted by atomic mass is 9.93. The average molecular weight is 348 g/mol. The minimum Gasteiger partial charge on any atom is -0.489 e. The Balaban J connectivity index is 1.66. The molecular weight excluding hydrogens is 324 g/mol. The molecule has 0 saturated carbocycles. The number of benzene rings is 3. The number of hydrogen-bond donors (Lipinski definition) is 2. The standard InChI is InChI=1S/C23H24O3/c1-23(2,25)22(24)20-10-8-18(9-11-20)19-12-14-21(15-13-19)26-16-17-6-4-3-5-7-17/h3-15,22,24-25H,16H2,1-2H3. The molecule has 3 heteroatoms. The van der Waals surface area contributed by atoms with Gasteiger partial charge in [-0.1, -0.05) is 66.7 Å². The fourth-order valence-corrected chi connectivity index (χ4v) is 2.75. The van der Waals surface area contributed by atoms with Gasteiger partial charge in [0.25, 0.3) is 0 Å². The molecule has 0 amide bonds. The van der Waals surface area contributed by atoms with Gasteiger partial charge in [-0.15, -0.1) is 0 Å². The van der Waals surface area contributed by atoms with Crippen molar-refractivity contribution in [1.82, 2.24) is 0 Å². The zero-order valence-electron chi connectivity index (χ0n) is 15.1. The van der Waals surface area contributed by atoms with E-state index in [-0.39, 0.29) is 0 Å². The van der Waals surface area contributed by atoms with Crippen LogP contribution in [0.15, 0.2) is 78.9 Å². The van der Waals surface area contributed by atoms with Gasteiger partial charge >= 0.3 is 0 Å². The van der Waals surface area contributed by atoms with Gasteiger partial charge in [0.15, 0.2) is 0 Å². The Labute approximate surface area is 154 Å². The molecule has 0 aliphatic heterocycles. The van der Waals surface area contributed by atoms with E-state index in [0.717, 1.165) is 22.4 Å². The first-order valence-corrected chi connectivity index (χ1v) is 8.71. The van der Waals surface area contributed by atoms with Crippen molar-refractivity contribution < 1.29 is 14.9 Å². The third kappa shape index (κ3) is 4.51. The van der Waals surface area contributed by atoms with Crippen molar-refractivity contribution in [3.63, 3.8) is 0 Å². The normalized spacial score (nSPS) is 12.6. The Morgan fingerprint density at radius 3 is 1.88 bits per heavy atom. The molecule has 0 aliphatic carbocycles. The van der Waals surface area contributed by atoms with E-state index in [0.29, 0.717) is 12.2 Å². The summed E-state index contributed by atoms with van der Waals surface area (Å²) in [7, 11) is 0. The number of hydrogen-bond acceptors (Lipinski definition) is 3. The van der Waals surface area contributed by atoms with E-state index in [1.54, 1.807) is 13.8 Å². The molecule has 0 aromatic heterocycles. The second-order valence-electron chi connectivity index (χ2n) is 6.98. The fourth-order valence-electron chi connectivity index (χ4n) is 2.75. The Kier molecular flexibility index (Phi) is 5.40. The van der Waals surface area contributed by atoms with E-state index >= 15 is 0 Å². The second-order valence-corrected chi connectivity index (χ2v) is 6.98. The first-order chi connectivity index (χ1) is 12.4. The predicted molar refractivity (Wildman–Crippen MR) is 104 cm³/mol. The van der Waals surface area contributed by atoms with Gasteiger partial charge in [-0.3, -0.25) is 0 Å². The van der Waals surface area contributed by atoms with Gasteiger partial charge in [-0.2, -0.15) is 0 Å². The maximum Gasteiger partial charge on any atom is 0.119 e. The summed E-state index contributed by atoms with van der Waals surface area (Å²) in [6, 6.07) is 25.6. The number of ether oxygens (including phenoxy) is 1. The topological polar surface area (TPSA) is 49.7 Å². The Morgan fingerprint density at radius 1 is 0.808 bits per heavy atom. The summed E-state index contributed by atoms with van der Waals surface area (Å²) in [5.41, 5.74) is 2.79. The minimum atomic E-state index is -1.17. The van der Waals surface area contributed by atoms with E-state index in [9.17, 15) is 10.2 Å². The molecule has 0 radical (unpaired) electrons. The molecule has 0 spiro atoms. The molecule has 26 heavy (non-hydrogen) atoms. The Hall–Kier alpha value is -2.62. The van der Waals surface area contributed by atoms with Crippen LogP contribution in [0.4, 0.5) is 0 Å². The van der Waals surface area contributed by atoms with Crippen LogP contribution in [0.5, 0.6) is 5.75 Å². The van der Waals surface area contributed by atoms with Gasteiger partial charge in [-0.25, -0.2) is 0 Å². The molecule has 1 atom stereocenters. The molecule has 134 valence electrons. The van der Waals surface area contributed by atoms with Gasteiger partial charge in [0.05, 0.1) is 5.60 Å². The van der Waals surface area contributed by atoms with Crippen LogP contribution in [0.25, 0.3) is 11.1 Å². The quantitative estimate of drug-likeness (QED) is 0.677. The zero-order valence-corrected chi connectivity index (χ0v) is 15.1. The van der Waals surface area contributed by atoms with Crippen LogP contribution >= 0.6 is 0 Å². The van der Waals surface area contributed by atoms with Crippen molar-refractivity contribution in [3.8, 4) is 16.9 Å². The molecular formula is C23H24O3. The smallest absolute Gasteiger partial charge is 0.119 e. The van der Waals surface area contributed by atoms with Crippen LogP contribution in [0.1, 0.15) is 31.1 Å². The van der Waals surface area contributed by atoms with Crippen molar-refractivity contribution in [2.24, 2.45) is 0 Å². The van der Waals surface area contributed by atoms with Gasteiger partial charge in [0, 0.05) is 0 Å². The highest BCUT2D eigenvalue weighted by Gasteiger charge is 2.25. The monoisotopic (exact) mass is 348 g/mol. The second kappa shape index (κ2) is 7.73. The number of rotatable bonds is 6. The van der Waals surface area contributed by atoms with Crippen molar-refractivity contribution in [2.75, 3.05) is 0 Å². The summed E-state index contributed by atoms with van der Waals surface area (Å²) in [5, 5.41) is 20.1. The summed E-state index contributed by atoms with van der Waals surface area (Å²) >= 11 is 0. The van der Waals surface area contributed by atoms with Gasteiger partial charge in [0.2, 0.25) is 0 Å². The van der Waals surface area contributed by atoms with Crippen molar-refractivity contribution in [2.45, 2.75) is 32.2 Å². The van der Waals surface area contributed by atoms with Crippen LogP contribution in [-0.4, -0.2) is 15.8 Å². The molecule has 0 saturated heterocycles. The minimum absolute atomic E-state index is 0.545. The van der Waals surface area contributed by atoms with Crippen LogP contribution in [-0.2, 0) is 6.61 Å². The summed E-state index contributed by atoms with van der Waals surface area (Å²) in [6.45, 7) is 3.74. The van der Waals surface area contributed by atoms with Crippen molar-refractivity contribution >= 4 is 0 Å². The van der Waals surface area contributed by atoms with Gasteiger partial charge < -0.3 is 14.9 Å². The third-order valence-electron chi connectivity index (χ3n) is 4.33. The fraction of sp³-hybridized carbons (Fsp3) is 0.217. The van der Waals surface area contributed by atoms with E-state index < -0.39 is 11.7 Å². The largest absolute Gasteiger partial charge is 0.489 e. The summed E-state index contributed by atoms with van der Waals surface area (Å²) in [4.78, 5) is 0. The van der Waals surface area contributed by atoms with E-state index in [2.05, 4.69) is 0 Å². The van der Waals surface area contributed by atoms with Crippen LogP contribution in [0.2, 0.25) is 0 Å². The summed E-state index contributed by atoms with van der Waals surface area (Å²) < 4.78 is 5.81. The molecule has 0 fully saturated rings. The first kappa shape index (κ1) is 18.2. The molecule has 2 N–H and O–H groups in total. The van der Waals surface area contributed by atoms with E-state index in [4.69, 9.17) is 4.74 Å². The zero-order chi connectivity index (χ0) is 18.6. The maximum absolute atomic E-state index is 10.1. The lowest BCUT2D eigenvalue weighted by molar-refractivity contribution is -0.0496. The van der Waals surface area contributed by atoms with Crippen LogP contribution < -0.4 is 4.74 Å². The highest BCUT2D eigenvalue weighted by atomic mass is 16.5. The molecule has 3 aromatic rings. The number of aliphatic hydroxyl groups excluding tert-OH is 1. The van der Waals surface area contributed by atoms with Gasteiger partial charge in [-0.05, 0) is 48.2 Å². The summed E-state index contributed by atoms with van der Waals surface area (Å²) in [6.07, 6.45) is -0.912.